The van der Waals surface area contributed by atoms with Crippen molar-refractivity contribution in [3.05, 3.63) is 56.0 Å². The molecule has 1 aliphatic rings. The molecule has 0 radical (unpaired) electrons. The normalized spacial score (nSPS) is 14.8. The number of unbranched alkanes of at least 4 members (excludes halogenated alkanes) is 5. The van der Waals surface area contributed by atoms with Gasteiger partial charge in [-0.15, -0.1) is 0 Å². The van der Waals surface area contributed by atoms with Crippen LogP contribution in [0.25, 0.3) is 6.08 Å². The van der Waals surface area contributed by atoms with Crippen molar-refractivity contribution in [1.29, 1.82) is 0 Å². The third-order valence-corrected chi connectivity index (χ3v) is 6.98. The van der Waals surface area contributed by atoms with Crippen LogP contribution in [0.15, 0.2) is 40.4 Å². The molecule has 0 unspecified atom stereocenters. The van der Waals surface area contributed by atoms with E-state index in [9.17, 15) is 14.4 Å². The minimum Gasteiger partial charge on any atom is -0.490 e. The molecule has 1 N–H and O–H groups in total. The fraction of sp³-hybridized carbons (Fsp3) is 0.370. The van der Waals surface area contributed by atoms with Gasteiger partial charge in [-0.1, -0.05) is 62.2 Å². The summed E-state index contributed by atoms with van der Waals surface area (Å²) in [6, 6.07) is 6.87. The molecular weight excluding hydrogens is 583 g/mol. The van der Waals surface area contributed by atoms with Crippen molar-refractivity contribution in [3.8, 4) is 11.5 Å². The van der Waals surface area contributed by atoms with E-state index >= 15 is 0 Å². The number of carbonyl (C=O) groups excluding carboxylic acids is 3. The molecule has 37 heavy (non-hydrogen) atoms. The van der Waals surface area contributed by atoms with Crippen LogP contribution in [0, 0.1) is 0 Å². The van der Waals surface area contributed by atoms with Crippen LogP contribution in [-0.4, -0.2) is 31.1 Å². The lowest BCUT2D eigenvalue weighted by molar-refractivity contribution is -0.122. The number of anilines is 1. The van der Waals surface area contributed by atoms with Crippen molar-refractivity contribution in [2.75, 3.05) is 18.1 Å². The Morgan fingerprint density at radius 3 is 2.38 bits per heavy atom. The monoisotopic (exact) mass is 610 g/mol. The predicted octanol–water partition coefficient (Wildman–Crippen LogP) is 7.56. The lowest BCUT2D eigenvalue weighted by Gasteiger charge is -2.26. The van der Waals surface area contributed by atoms with Gasteiger partial charge in [-0.2, -0.15) is 0 Å². The summed E-state index contributed by atoms with van der Waals surface area (Å²) in [5, 5.41) is 2.64. The van der Waals surface area contributed by atoms with Crippen molar-refractivity contribution in [2.24, 2.45) is 0 Å². The first-order chi connectivity index (χ1) is 17.8. The number of barbiturate groups is 1. The molecule has 10 heteroatoms. The summed E-state index contributed by atoms with van der Waals surface area (Å²) in [5.41, 5.74) is 0.481. The molecule has 0 aliphatic carbocycles. The van der Waals surface area contributed by atoms with Gasteiger partial charge in [0, 0.05) is 0 Å². The van der Waals surface area contributed by atoms with Crippen LogP contribution in [0.1, 0.15) is 57.9 Å². The van der Waals surface area contributed by atoms with E-state index < -0.39 is 17.8 Å². The summed E-state index contributed by atoms with van der Waals surface area (Å²) in [5.74, 6) is -0.547. The van der Waals surface area contributed by atoms with Crippen molar-refractivity contribution in [1.82, 2.24) is 5.32 Å². The molecule has 1 heterocycles. The van der Waals surface area contributed by atoms with Crippen LogP contribution in [-0.2, 0) is 9.59 Å². The number of benzene rings is 2. The number of nitrogens with zero attached hydrogens (tertiary/aromatic N) is 1. The molecule has 0 spiro atoms. The Kier molecular flexibility index (Phi) is 10.9. The van der Waals surface area contributed by atoms with Gasteiger partial charge in [-0.05, 0) is 71.2 Å². The van der Waals surface area contributed by atoms with Crippen LogP contribution in [0.3, 0.4) is 0 Å². The second-order valence-corrected chi connectivity index (χ2v) is 10.1. The Morgan fingerprint density at radius 1 is 0.946 bits per heavy atom. The highest BCUT2D eigenvalue weighted by Gasteiger charge is 2.37. The molecule has 1 aliphatic heterocycles. The second-order valence-electron chi connectivity index (χ2n) is 8.44. The SMILES string of the molecule is CCCCCCCCOc1c(Br)cc(/C=C2/C(=O)NC(=O)N(c3ccc(Cl)c(Cl)c3)C2=O)cc1OCC. The average Bonchev–Trinajstić information content (AvgIpc) is 2.84. The quantitative estimate of drug-likeness (QED) is 0.152. The predicted molar refractivity (Wildman–Crippen MR) is 150 cm³/mol. The van der Waals surface area contributed by atoms with E-state index in [0.717, 1.165) is 17.7 Å². The number of amides is 4. The zero-order chi connectivity index (χ0) is 26.9. The Balaban J connectivity index is 1.83. The molecule has 0 bridgehead atoms. The highest BCUT2D eigenvalue weighted by Crippen LogP contribution is 2.38. The molecule has 198 valence electrons. The van der Waals surface area contributed by atoms with Crippen LogP contribution in [0.4, 0.5) is 10.5 Å². The van der Waals surface area contributed by atoms with E-state index in [1.54, 1.807) is 12.1 Å². The molecular formula is C27H29BrCl2N2O5. The van der Waals surface area contributed by atoms with Gasteiger partial charge in [0.05, 0.1) is 33.4 Å². The number of nitrogens with one attached hydrogen (secondary N) is 1. The highest BCUT2D eigenvalue weighted by atomic mass is 79.9. The third kappa shape index (κ3) is 7.49. The first kappa shape index (κ1) is 29.0. The molecule has 2 aromatic carbocycles. The van der Waals surface area contributed by atoms with E-state index in [1.807, 2.05) is 6.92 Å². The Morgan fingerprint density at radius 2 is 1.68 bits per heavy atom. The smallest absolute Gasteiger partial charge is 0.335 e. The van der Waals surface area contributed by atoms with Gasteiger partial charge < -0.3 is 9.47 Å². The largest absolute Gasteiger partial charge is 0.490 e. The van der Waals surface area contributed by atoms with Gasteiger partial charge in [0.25, 0.3) is 11.8 Å². The number of hydrogen-bond acceptors (Lipinski definition) is 5. The molecule has 0 atom stereocenters. The minimum absolute atomic E-state index is 0.170. The number of ether oxygens (including phenoxy) is 2. The second kappa shape index (κ2) is 13.8. The number of halogens is 3. The van der Waals surface area contributed by atoms with Gasteiger partial charge in [0.15, 0.2) is 11.5 Å². The lowest BCUT2D eigenvalue weighted by Crippen LogP contribution is -2.54. The zero-order valence-electron chi connectivity index (χ0n) is 20.7. The highest BCUT2D eigenvalue weighted by molar-refractivity contribution is 9.10. The Labute approximate surface area is 235 Å². The maximum atomic E-state index is 13.2. The molecule has 7 nitrogen and oxygen atoms in total. The fourth-order valence-corrected chi connectivity index (χ4v) is 4.68. The molecule has 4 amide bonds. The number of hydrogen-bond donors (Lipinski definition) is 1. The first-order valence-electron chi connectivity index (χ1n) is 12.2. The van der Waals surface area contributed by atoms with E-state index in [2.05, 4.69) is 28.2 Å². The molecule has 0 aromatic heterocycles. The summed E-state index contributed by atoms with van der Waals surface area (Å²) in [4.78, 5) is 39.1. The van der Waals surface area contributed by atoms with E-state index in [4.69, 9.17) is 32.7 Å². The summed E-state index contributed by atoms with van der Waals surface area (Å²) in [6.45, 7) is 5.00. The van der Waals surface area contributed by atoms with E-state index in [0.29, 0.717) is 34.7 Å². The van der Waals surface area contributed by atoms with Crippen molar-refractivity contribution in [2.45, 2.75) is 52.4 Å². The van der Waals surface area contributed by atoms with Gasteiger partial charge >= 0.3 is 6.03 Å². The molecule has 1 saturated heterocycles. The van der Waals surface area contributed by atoms with Gasteiger partial charge in [0.2, 0.25) is 0 Å². The standard InChI is InChI=1S/C27H29BrCl2N2O5/c1-3-5-6-7-8-9-12-37-24-20(28)14-17(15-23(24)36-4-2)13-19-25(33)31-27(35)32(26(19)34)18-10-11-21(29)22(30)16-18/h10-11,13-16H,3-9,12H2,1-2H3,(H,31,33,35)/b19-13-. The Hall–Kier alpha value is -2.55. The summed E-state index contributed by atoms with van der Waals surface area (Å²) in [6.07, 6.45) is 8.30. The molecule has 1 fully saturated rings. The maximum absolute atomic E-state index is 13.2. The van der Waals surface area contributed by atoms with Gasteiger partial charge in [-0.3, -0.25) is 14.9 Å². The fourth-order valence-electron chi connectivity index (χ4n) is 3.81. The van der Waals surface area contributed by atoms with E-state index in [-0.39, 0.29) is 21.3 Å². The van der Waals surface area contributed by atoms with Crippen LogP contribution >= 0.6 is 39.1 Å². The summed E-state index contributed by atoms with van der Waals surface area (Å²) < 4.78 is 12.4. The van der Waals surface area contributed by atoms with Crippen LogP contribution in [0.5, 0.6) is 11.5 Å². The first-order valence-corrected chi connectivity index (χ1v) is 13.8. The Bertz CT molecular complexity index is 1200. The number of rotatable bonds is 12. The number of urea groups is 1. The molecule has 0 saturated carbocycles. The van der Waals surface area contributed by atoms with Crippen LogP contribution in [0.2, 0.25) is 10.0 Å². The average molecular weight is 612 g/mol. The van der Waals surface area contributed by atoms with Crippen molar-refractivity contribution in [3.63, 3.8) is 0 Å². The van der Waals surface area contributed by atoms with Gasteiger partial charge in [-0.25, -0.2) is 9.69 Å². The number of carbonyl (C=O) groups is 3. The lowest BCUT2D eigenvalue weighted by atomic mass is 10.1. The van der Waals surface area contributed by atoms with Crippen molar-refractivity contribution >= 4 is 68.7 Å². The molecule has 3 rings (SSSR count). The topological polar surface area (TPSA) is 84.9 Å². The summed E-state index contributed by atoms with van der Waals surface area (Å²) in [7, 11) is 0. The summed E-state index contributed by atoms with van der Waals surface area (Å²) >= 11 is 15.5. The van der Waals surface area contributed by atoms with Crippen molar-refractivity contribution < 1.29 is 23.9 Å². The van der Waals surface area contributed by atoms with E-state index in [1.165, 1.54) is 50.0 Å². The maximum Gasteiger partial charge on any atom is 0.335 e. The minimum atomic E-state index is -0.875. The van der Waals surface area contributed by atoms with Gasteiger partial charge in [0.1, 0.15) is 5.57 Å². The third-order valence-electron chi connectivity index (χ3n) is 5.65. The molecule has 2 aromatic rings. The van der Waals surface area contributed by atoms with Crippen LogP contribution < -0.4 is 19.7 Å². The zero-order valence-corrected chi connectivity index (χ0v) is 23.8. The number of imide groups is 2.